The third kappa shape index (κ3) is 1.62. The molecule has 7 rings (SSSR count). The molecule has 3 heterocycles. The molecule has 130 valence electrons. The SMILES string of the molecule is c1ccc2c(c1)nc1c3ccccc3c3ccc4c5ccccc5oc4c3n21. The summed E-state index contributed by atoms with van der Waals surface area (Å²) in [6, 6.07) is 29.4. The maximum Gasteiger partial charge on any atom is 0.160 e. The lowest BCUT2D eigenvalue weighted by molar-refractivity contribution is 0.671. The summed E-state index contributed by atoms with van der Waals surface area (Å²) in [5, 5.41) is 5.81. The van der Waals surface area contributed by atoms with E-state index in [0.29, 0.717) is 0 Å². The quantitative estimate of drug-likeness (QED) is 0.283. The summed E-state index contributed by atoms with van der Waals surface area (Å²) in [6.45, 7) is 0. The zero-order chi connectivity index (χ0) is 18.2. The van der Waals surface area contributed by atoms with Crippen molar-refractivity contribution >= 4 is 60.3 Å². The molecule has 0 aliphatic rings. The predicted molar refractivity (Wildman–Crippen MR) is 115 cm³/mol. The van der Waals surface area contributed by atoms with Gasteiger partial charge in [-0.3, -0.25) is 4.40 Å². The van der Waals surface area contributed by atoms with E-state index in [1.165, 1.54) is 10.8 Å². The van der Waals surface area contributed by atoms with Crippen molar-refractivity contribution < 1.29 is 4.42 Å². The highest BCUT2D eigenvalue weighted by molar-refractivity contribution is 6.22. The monoisotopic (exact) mass is 358 g/mol. The number of aromatic nitrogens is 2. The van der Waals surface area contributed by atoms with Crippen LogP contribution in [0.3, 0.4) is 0 Å². The smallest absolute Gasteiger partial charge is 0.160 e. The molecule has 0 saturated carbocycles. The zero-order valence-corrected chi connectivity index (χ0v) is 14.9. The van der Waals surface area contributed by atoms with Crippen LogP contribution in [0.25, 0.3) is 60.3 Å². The number of para-hydroxylation sites is 3. The molecule has 0 amide bonds. The maximum atomic E-state index is 6.39. The van der Waals surface area contributed by atoms with E-state index < -0.39 is 0 Å². The van der Waals surface area contributed by atoms with E-state index in [0.717, 1.165) is 49.5 Å². The topological polar surface area (TPSA) is 30.4 Å². The maximum absolute atomic E-state index is 6.39. The van der Waals surface area contributed by atoms with E-state index in [1.54, 1.807) is 0 Å². The fraction of sp³-hybridized carbons (Fsp3) is 0. The van der Waals surface area contributed by atoms with Gasteiger partial charge in [0.1, 0.15) is 11.2 Å². The van der Waals surface area contributed by atoms with E-state index in [1.807, 2.05) is 18.2 Å². The Morgan fingerprint density at radius 3 is 2.25 bits per heavy atom. The number of benzene rings is 4. The van der Waals surface area contributed by atoms with Gasteiger partial charge in [0.25, 0.3) is 0 Å². The molecule has 28 heavy (non-hydrogen) atoms. The Morgan fingerprint density at radius 2 is 1.32 bits per heavy atom. The minimum atomic E-state index is 0.913. The van der Waals surface area contributed by atoms with Crippen LogP contribution < -0.4 is 0 Å². The van der Waals surface area contributed by atoms with Gasteiger partial charge in [-0.2, -0.15) is 0 Å². The standard InChI is InChI=1S/C25H14N2O/c1-2-9-19-15(7-1)17-13-14-18-16-8-3-6-12-22(16)28-24(18)23(17)27-21-11-5-4-10-20(21)26-25(19)27/h1-14H. The van der Waals surface area contributed by atoms with Gasteiger partial charge in [0.2, 0.25) is 0 Å². The van der Waals surface area contributed by atoms with Crippen molar-refractivity contribution in [3.05, 3.63) is 84.9 Å². The molecule has 0 aliphatic heterocycles. The Bertz CT molecular complexity index is 1720. The van der Waals surface area contributed by atoms with Crippen molar-refractivity contribution in [3.8, 4) is 0 Å². The van der Waals surface area contributed by atoms with Gasteiger partial charge < -0.3 is 4.42 Å². The van der Waals surface area contributed by atoms with Crippen LogP contribution in [0.2, 0.25) is 0 Å². The highest BCUT2D eigenvalue weighted by Gasteiger charge is 2.18. The van der Waals surface area contributed by atoms with E-state index >= 15 is 0 Å². The average Bonchev–Trinajstić information content (AvgIpc) is 3.32. The van der Waals surface area contributed by atoms with Gasteiger partial charge >= 0.3 is 0 Å². The summed E-state index contributed by atoms with van der Waals surface area (Å²) in [7, 11) is 0. The van der Waals surface area contributed by atoms with Crippen LogP contribution in [0.1, 0.15) is 0 Å². The van der Waals surface area contributed by atoms with Crippen LogP contribution in [0.5, 0.6) is 0 Å². The van der Waals surface area contributed by atoms with Crippen LogP contribution in [0, 0.1) is 0 Å². The molecule has 3 aromatic heterocycles. The summed E-state index contributed by atoms with van der Waals surface area (Å²) < 4.78 is 8.65. The molecule has 0 radical (unpaired) electrons. The number of nitrogens with zero attached hydrogens (tertiary/aromatic N) is 2. The second-order valence-corrected chi connectivity index (χ2v) is 7.24. The molecule has 0 fully saturated rings. The Balaban J connectivity index is 1.91. The molecule has 0 unspecified atom stereocenters. The number of rotatable bonds is 0. The van der Waals surface area contributed by atoms with Gasteiger partial charge in [-0.1, -0.05) is 60.7 Å². The Labute approximate surface area is 159 Å². The van der Waals surface area contributed by atoms with Crippen LogP contribution in [-0.2, 0) is 0 Å². The van der Waals surface area contributed by atoms with E-state index in [-0.39, 0.29) is 0 Å². The highest BCUT2D eigenvalue weighted by atomic mass is 16.3. The van der Waals surface area contributed by atoms with Gasteiger partial charge in [0, 0.05) is 21.5 Å². The molecule has 0 spiro atoms. The van der Waals surface area contributed by atoms with Gasteiger partial charge in [0.15, 0.2) is 5.58 Å². The second kappa shape index (κ2) is 4.90. The lowest BCUT2D eigenvalue weighted by Crippen LogP contribution is -1.92. The number of furan rings is 1. The Kier molecular flexibility index (Phi) is 2.49. The molecule has 0 aliphatic carbocycles. The van der Waals surface area contributed by atoms with Crippen molar-refractivity contribution in [2.45, 2.75) is 0 Å². The number of pyridine rings is 1. The fourth-order valence-corrected chi connectivity index (χ4v) is 4.56. The molecule has 0 bridgehead atoms. The van der Waals surface area contributed by atoms with Crippen LogP contribution in [-0.4, -0.2) is 9.38 Å². The number of hydrogen-bond donors (Lipinski definition) is 0. The van der Waals surface area contributed by atoms with Crippen LogP contribution in [0.4, 0.5) is 0 Å². The minimum Gasteiger partial charge on any atom is -0.454 e. The molecule has 0 saturated heterocycles. The first-order chi connectivity index (χ1) is 13.9. The largest absolute Gasteiger partial charge is 0.454 e. The summed E-state index contributed by atoms with van der Waals surface area (Å²) in [4.78, 5) is 4.98. The van der Waals surface area contributed by atoms with Crippen molar-refractivity contribution in [3.63, 3.8) is 0 Å². The number of fused-ring (bicyclic) bond motifs is 12. The molecule has 0 atom stereocenters. The molecule has 3 heteroatoms. The average molecular weight is 358 g/mol. The number of imidazole rings is 1. The third-order valence-corrected chi connectivity index (χ3v) is 5.76. The van der Waals surface area contributed by atoms with Crippen LogP contribution >= 0.6 is 0 Å². The predicted octanol–water partition coefficient (Wildman–Crippen LogP) is 6.69. The van der Waals surface area contributed by atoms with Crippen molar-refractivity contribution in [2.24, 2.45) is 0 Å². The van der Waals surface area contributed by atoms with Crippen molar-refractivity contribution in [1.29, 1.82) is 0 Å². The zero-order valence-electron chi connectivity index (χ0n) is 14.9. The lowest BCUT2D eigenvalue weighted by atomic mass is 10.0. The molecule has 3 nitrogen and oxygen atoms in total. The van der Waals surface area contributed by atoms with E-state index in [2.05, 4.69) is 71.1 Å². The number of hydrogen-bond acceptors (Lipinski definition) is 2. The van der Waals surface area contributed by atoms with Crippen molar-refractivity contribution in [1.82, 2.24) is 9.38 Å². The summed E-state index contributed by atoms with van der Waals surface area (Å²) in [5.41, 5.74) is 5.97. The van der Waals surface area contributed by atoms with Crippen LogP contribution in [0.15, 0.2) is 89.3 Å². The minimum absolute atomic E-state index is 0.913. The van der Waals surface area contributed by atoms with Gasteiger partial charge in [0.05, 0.1) is 16.6 Å². The first kappa shape index (κ1) is 14.2. The van der Waals surface area contributed by atoms with Crippen molar-refractivity contribution in [2.75, 3.05) is 0 Å². The highest BCUT2D eigenvalue weighted by Crippen LogP contribution is 2.39. The second-order valence-electron chi connectivity index (χ2n) is 7.24. The lowest BCUT2D eigenvalue weighted by Gasteiger charge is -2.09. The normalized spacial score (nSPS) is 12.3. The molecular formula is C25H14N2O. The fourth-order valence-electron chi connectivity index (χ4n) is 4.56. The van der Waals surface area contributed by atoms with Gasteiger partial charge in [-0.25, -0.2) is 4.98 Å². The molecule has 7 aromatic rings. The Morgan fingerprint density at radius 1 is 0.607 bits per heavy atom. The van der Waals surface area contributed by atoms with E-state index in [9.17, 15) is 0 Å². The van der Waals surface area contributed by atoms with E-state index in [4.69, 9.17) is 9.40 Å². The molecular weight excluding hydrogens is 344 g/mol. The molecule has 4 aromatic carbocycles. The molecule has 0 N–H and O–H groups in total. The third-order valence-electron chi connectivity index (χ3n) is 5.76. The first-order valence-electron chi connectivity index (χ1n) is 9.42. The summed E-state index contributed by atoms with van der Waals surface area (Å²) >= 11 is 0. The van der Waals surface area contributed by atoms with Gasteiger partial charge in [-0.15, -0.1) is 0 Å². The van der Waals surface area contributed by atoms with Gasteiger partial charge in [-0.05, 0) is 29.7 Å². The first-order valence-corrected chi connectivity index (χ1v) is 9.42. The Hall–Kier alpha value is -3.85. The summed E-state index contributed by atoms with van der Waals surface area (Å²) in [6.07, 6.45) is 0. The summed E-state index contributed by atoms with van der Waals surface area (Å²) in [5.74, 6) is 0.